The maximum Gasteiger partial charge on any atom is 0.344 e. The molecule has 0 amide bonds. The Morgan fingerprint density at radius 2 is 1.22 bits per heavy atom. The van der Waals surface area contributed by atoms with E-state index in [1.807, 2.05) is 14.2 Å². The second-order valence-electron chi connectivity index (χ2n) is 6.42. The van der Waals surface area contributed by atoms with Crippen LogP contribution in [0.25, 0.3) is 0 Å². The maximum absolute atomic E-state index is 6.12. The summed E-state index contributed by atoms with van der Waals surface area (Å²) < 4.78 is 12.2. The van der Waals surface area contributed by atoms with Gasteiger partial charge in [0.25, 0.3) is 0 Å². The van der Waals surface area contributed by atoms with E-state index in [0.717, 1.165) is 17.0 Å². The fourth-order valence-electron chi connectivity index (χ4n) is 4.25. The number of hydrogen-bond donors (Lipinski definition) is 0. The van der Waals surface area contributed by atoms with Crippen LogP contribution < -0.4 is 0 Å². The monoisotopic (exact) mass is 270 g/mol. The Morgan fingerprint density at radius 1 is 0.722 bits per heavy atom. The van der Waals surface area contributed by atoms with E-state index < -0.39 is 8.56 Å². The average Bonchev–Trinajstić information content (AvgIpc) is 2.44. The standard InChI is InChI=1S/C15H30O2Si/c1-13-9-11-15(12-10-13)18(16-2,17-3)14-7-5-4-6-8-14/h13-15H,4-12H2,1-3H3. The van der Waals surface area contributed by atoms with Gasteiger partial charge in [0.15, 0.2) is 0 Å². The Balaban J connectivity index is 2.09. The molecule has 0 unspecified atom stereocenters. The van der Waals surface area contributed by atoms with Crippen LogP contribution in [-0.2, 0) is 8.85 Å². The highest BCUT2D eigenvalue weighted by Gasteiger charge is 2.51. The molecule has 2 nitrogen and oxygen atoms in total. The fourth-order valence-corrected chi connectivity index (χ4v) is 8.77. The first-order valence-electron chi connectivity index (χ1n) is 7.83. The summed E-state index contributed by atoms with van der Waals surface area (Å²) in [5.41, 5.74) is 1.49. The smallest absolute Gasteiger partial charge is 0.344 e. The van der Waals surface area contributed by atoms with Gasteiger partial charge in [0.2, 0.25) is 0 Å². The van der Waals surface area contributed by atoms with Gasteiger partial charge in [-0.15, -0.1) is 0 Å². The molecule has 0 aromatic heterocycles. The van der Waals surface area contributed by atoms with Gasteiger partial charge in [-0.05, 0) is 31.6 Å². The van der Waals surface area contributed by atoms with E-state index in [1.54, 1.807) is 0 Å². The summed E-state index contributed by atoms with van der Waals surface area (Å²) in [5.74, 6) is 0.910. The lowest BCUT2D eigenvalue weighted by Gasteiger charge is -2.44. The molecular formula is C15H30O2Si. The molecule has 2 fully saturated rings. The van der Waals surface area contributed by atoms with Gasteiger partial charge in [0.05, 0.1) is 0 Å². The van der Waals surface area contributed by atoms with Crippen LogP contribution in [-0.4, -0.2) is 22.8 Å². The third kappa shape index (κ3) is 2.83. The van der Waals surface area contributed by atoms with Crippen LogP contribution in [0, 0.1) is 5.92 Å². The maximum atomic E-state index is 6.12. The number of rotatable bonds is 4. The van der Waals surface area contributed by atoms with Crippen LogP contribution in [0.1, 0.15) is 64.7 Å². The highest BCUT2D eigenvalue weighted by atomic mass is 28.4. The minimum absolute atomic E-state index is 0.742. The van der Waals surface area contributed by atoms with Gasteiger partial charge in [0, 0.05) is 25.3 Å². The molecule has 0 N–H and O–H groups in total. The molecule has 0 radical (unpaired) electrons. The van der Waals surface area contributed by atoms with Crippen molar-refractivity contribution < 1.29 is 8.85 Å². The fraction of sp³-hybridized carbons (Fsp3) is 1.00. The first kappa shape index (κ1) is 14.5. The summed E-state index contributed by atoms with van der Waals surface area (Å²) in [6, 6.07) is 0. The van der Waals surface area contributed by atoms with Crippen molar-refractivity contribution in [3.05, 3.63) is 0 Å². The van der Waals surface area contributed by atoms with Gasteiger partial charge in [0.1, 0.15) is 0 Å². The van der Waals surface area contributed by atoms with Crippen LogP contribution in [0.2, 0.25) is 11.1 Å². The molecule has 18 heavy (non-hydrogen) atoms. The first-order chi connectivity index (χ1) is 8.73. The van der Waals surface area contributed by atoms with Crippen molar-refractivity contribution >= 4 is 8.56 Å². The molecule has 2 saturated carbocycles. The van der Waals surface area contributed by atoms with Crippen molar-refractivity contribution in [1.29, 1.82) is 0 Å². The zero-order chi connectivity index (χ0) is 13.0. The molecule has 0 bridgehead atoms. The first-order valence-corrected chi connectivity index (χ1v) is 9.80. The predicted molar refractivity (Wildman–Crippen MR) is 78.0 cm³/mol. The van der Waals surface area contributed by atoms with Crippen molar-refractivity contribution in [2.24, 2.45) is 5.92 Å². The van der Waals surface area contributed by atoms with Gasteiger partial charge >= 0.3 is 8.56 Å². The van der Waals surface area contributed by atoms with Gasteiger partial charge in [-0.25, -0.2) is 0 Å². The van der Waals surface area contributed by atoms with Crippen LogP contribution in [0.3, 0.4) is 0 Å². The molecule has 0 spiro atoms. The summed E-state index contributed by atoms with van der Waals surface area (Å²) in [5, 5.41) is 0. The molecule has 2 aliphatic rings. The van der Waals surface area contributed by atoms with Crippen LogP contribution >= 0.6 is 0 Å². The summed E-state index contributed by atoms with van der Waals surface area (Å²) >= 11 is 0. The molecule has 2 aliphatic carbocycles. The van der Waals surface area contributed by atoms with Crippen molar-refractivity contribution in [2.45, 2.75) is 75.8 Å². The largest absolute Gasteiger partial charge is 0.397 e. The highest BCUT2D eigenvalue weighted by Crippen LogP contribution is 2.49. The summed E-state index contributed by atoms with van der Waals surface area (Å²) in [6.07, 6.45) is 12.3. The van der Waals surface area contributed by atoms with E-state index in [0.29, 0.717) is 0 Å². The van der Waals surface area contributed by atoms with Gasteiger partial charge in [-0.1, -0.05) is 39.0 Å². The molecule has 0 heterocycles. The summed E-state index contributed by atoms with van der Waals surface area (Å²) in [4.78, 5) is 0. The molecule has 106 valence electrons. The van der Waals surface area contributed by atoms with Crippen molar-refractivity contribution in [1.82, 2.24) is 0 Å². The lowest BCUT2D eigenvalue weighted by Crippen LogP contribution is -2.51. The van der Waals surface area contributed by atoms with E-state index in [2.05, 4.69) is 6.92 Å². The van der Waals surface area contributed by atoms with Crippen LogP contribution in [0.5, 0.6) is 0 Å². The Labute approximate surface area is 114 Å². The van der Waals surface area contributed by atoms with Crippen LogP contribution in [0.15, 0.2) is 0 Å². The lowest BCUT2D eigenvalue weighted by atomic mass is 9.90. The Hall–Kier alpha value is 0.137. The second-order valence-corrected chi connectivity index (χ2v) is 10.3. The molecule has 0 aliphatic heterocycles. The van der Waals surface area contributed by atoms with E-state index in [1.165, 1.54) is 57.8 Å². The Morgan fingerprint density at radius 3 is 1.72 bits per heavy atom. The third-order valence-corrected chi connectivity index (χ3v) is 10.1. The van der Waals surface area contributed by atoms with Crippen molar-refractivity contribution in [3.8, 4) is 0 Å². The van der Waals surface area contributed by atoms with E-state index in [-0.39, 0.29) is 0 Å². The second kappa shape index (κ2) is 6.53. The van der Waals surface area contributed by atoms with Crippen molar-refractivity contribution in [2.75, 3.05) is 14.2 Å². The number of hydrogen-bond acceptors (Lipinski definition) is 2. The van der Waals surface area contributed by atoms with Crippen LogP contribution in [0.4, 0.5) is 0 Å². The molecule has 0 aromatic carbocycles. The zero-order valence-electron chi connectivity index (χ0n) is 12.4. The van der Waals surface area contributed by atoms with Gasteiger partial charge in [-0.3, -0.25) is 0 Å². The topological polar surface area (TPSA) is 18.5 Å². The minimum atomic E-state index is -1.97. The predicted octanol–water partition coefficient (Wildman–Crippen LogP) is 4.64. The lowest BCUT2D eigenvalue weighted by molar-refractivity contribution is 0.187. The normalized spacial score (nSPS) is 31.5. The van der Waals surface area contributed by atoms with E-state index in [9.17, 15) is 0 Å². The van der Waals surface area contributed by atoms with Gasteiger partial charge in [-0.2, -0.15) is 0 Å². The quantitative estimate of drug-likeness (QED) is 0.693. The third-order valence-electron chi connectivity index (χ3n) is 5.40. The molecule has 3 heteroatoms. The minimum Gasteiger partial charge on any atom is -0.397 e. The van der Waals surface area contributed by atoms with Gasteiger partial charge < -0.3 is 8.85 Å². The van der Waals surface area contributed by atoms with E-state index in [4.69, 9.17) is 8.85 Å². The SMILES string of the molecule is CO[Si](OC)(C1CCCCC1)C1CCC(C)CC1. The molecule has 2 rings (SSSR count). The Kier molecular flexibility index (Phi) is 5.28. The molecule has 0 saturated heterocycles. The molecule has 0 atom stereocenters. The zero-order valence-corrected chi connectivity index (χ0v) is 13.4. The Bertz CT molecular complexity index is 239. The molecule has 0 aromatic rings. The van der Waals surface area contributed by atoms with E-state index >= 15 is 0 Å². The van der Waals surface area contributed by atoms with Crippen molar-refractivity contribution in [3.63, 3.8) is 0 Å². The summed E-state index contributed by atoms with van der Waals surface area (Å²) in [6.45, 7) is 2.39. The highest BCUT2D eigenvalue weighted by molar-refractivity contribution is 6.70. The average molecular weight is 270 g/mol. The molecular weight excluding hydrogens is 240 g/mol. The summed E-state index contributed by atoms with van der Waals surface area (Å²) in [7, 11) is 1.87.